The van der Waals surface area contributed by atoms with Crippen molar-refractivity contribution in [3.05, 3.63) is 41.3 Å². The highest BCUT2D eigenvalue weighted by Crippen LogP contribution is 2.38. The Hall–Kier alpha value is -2.44. The van der Waals surface area contributed by atoms with Crippen molar-refractivity contribution in [2.24, 2.45) is 0 Å². The first kappa shape index (κ1) is 14.5. The topological polar surface area (TPSA) is 77.2 Å². The molecule has 0 spiro atoms. The molecule has 1 fully saturated rings. The largest absolute Gasteiger partial charge is 0.494 e. The third kappa shape index (κ3) is 3.24. The lowest BCUT2D eigenvalue weighted by Gasteiger charge is -2.06. The smallest absolute Gasteiger partial charge is 0.251 e. The minimum absolute atomic E-state index is 0.107. The van der Waals surface area contributed by atoms with Gasteiger partial charge < -0.3 is 14.6 Å². The van der Waals surface area contributed by atoms with E-state index in [1.165, 1.54) is 19.2 Å². The van der Waals surface area contributed by atoms with E-state index in [0.717, 1.165) is 18.9 Å². The Kier molecular flexibility index (Phi) is 4.04. The molecule has 7 heteroatoms. The van der Waals surface area contributed by atoms with Crippen molar-refractivity contribution in [1.82, 2.24) is 15.5 Å². The molecule has 0 atom stereocenters. The summed E-state index contributed by atoms with van der Waals surface area (Å²) in [5.74, 6) is 0.852. The zero-order valence-corrected chi connectivity index (χ0v) is 12.1. The maximum Gasteiger partial charge on any atom is 0.251 e. The van der Waals surface area contributed by atoms with Crippen molar-refractivity contribution < 1.29 is 18.4 Å². The van der Waals surface area contributed by atoms with E-state index in [9.17, 15) is 9.18 Å². The van der Waals surface area contributed by atoms with E-state index >= 15 is 0 Å². The number of carbonyl (C=O) groups is 1. The van der Waals surface area contributed by atoms with Crippen LogP contribution in [0.25, 0.3) is 0 Å². The Morgan fingerprint density at radius 1 is 1.50 bits per heavy atom. The van der Waals surface area contributed by atoms with Crippen molar-refractivity contribution in [1.29, 1.82) is 0 Å². The lowest BCUT2D eigenvalue weighted by Crippen LogP contribution is -2.26. The standard InChI is InChI=1S/C15H16FN3O3/c1-21-12-5-4-10(8-11(12)16)14(20)17-7-6-13-18-15(22-19-13)9-2-3-9/h4-5,8-9H,2-3,6-7H2,1H3,(H,17,20). The zero-order chi connectivity index (χ0) is 15.5. The number of rotatable bonds is 6. The fourth-order valence-electron chi connectivity index (χ4n) is 2.06. The first-order valence-corrected chi connectivity index (χ1v) is 7.11. The first-order chi connectivity index (χ1) is 10.7. The van der Waals surface area contributed by atoms with Crippen LogP contribution in [0.2, 0.25) is 0 Å². The Labute approximate surface area is 126 Å². The van der Waals surface area contributed by atoms with Crippen LogP contribution in [0, 0.1) is 5.82 Å². The molecule has 0 unspecified atom stereocenters. The monoisotopic (exact) mass is 305 g/mol. The molecule has 2 aromatic rings. The van der Waals surface area contributed by atoms with Gasteiger partial charge in [-0.2, -0.15) is 4.98 Å². The van der Waals surface area contributed by atoms with Gasteiger partial charge in [-0.05, 0) is 31.0 Å². The lowest BCUT2D eigenvalue weighted by molar-refractivity contribution is 0.0953. The lowest BCUT2D eigenvalue weighted by atomic mass is 10.2. The minimum Gasteiger partial charge on any atom is -0.494 e. The normalized spacial score (nSPS) is 13.9. The molecule has 1 aromatic heterocycles. The molecule has 1 aromatic carbocycles. The molecule has 116 valence electrons. The van der Waals surface area contributed by atoms with Crippen molar-refractivity contribution in [2.45, 2.75) is 25.2 Å². The van der Waals surface area contributed by atoms with E-state index in [2.05, 4.69) is 15.5 Å². The van der Waals surface area contributed by atoms with Gasteiger partial charge in [0.1, 0.15) is 0 Å². The number of nitrogens with zero attached hydrogens (tertiary/aromatic N) is 2. The maximum atomic E-state index is 13.5. The molecule has 1 aliphatic carbocycles. The van der Waals surface area contributed by atoms with Gasteiger partial charge in [0.05, 0.1) is 7.11 Å². The van der Waals surface area contributed by atoms with E-state index in [0.29, 0.717) is 30.6 Å². The van der Waals surface area contributed by atoms with Crippen molar-refractivity contribution in [3.8, 4) is 5.75 Å². The van der Waals surface area contributed by atoms with E-state index in [1.807, 2.05) is 0 Å². The first-order valence-electron chi connectivity index (χ1n) is 7.11. The van der Waals surface area contributed by atoms with E-state index < -0.39 is 5.82 Å². The van der Waals surface area contributed by atoms with Crippen LogP contribution in [-0.2, 0) is 6.42 Å². The van der Waals surface area contributed by atoms with Crippen LogP contribution in [-0.4, -0.2) is 29.7 Å². The van der Waals surface area contributed by atoms with Gasteiger partial charge in [-0.15, -0.1) is 0 Å². The summed E-state index contributed by atoms with van der Waals surface area (Å²) in [6.07, 6.45) is 2.67. The van der Waals surface area contributed by atoms with Crippen LogP contribution in [0.1, 0.15) is 40.8 Å². The molecular weight excluding hydrogens is 289 g/mol. The van der Waals surface area contributed by atoms with Gasteiger partial charge in [-0.1, -0.05) is 5.16 Å². The van der Waals surface area contributed by atoms with E-state index in [-0.39, 0.29) is 17.2 Å². The van der Waals surface area contributed by atoms with E-state index in [1.54, 1.807) is 0 Å². The second kappa shape index (κ2) is 6.13. The summed E-state index contributed by atoms with van der Waals surface area (Å²) in [5.41, 5.74) is 0.241. The van der Waals surface area contributed by atoms with Gasteiger partial charge in [-0.25, -0.2) is 4.39 Å². The van der Waals surface area contributed by atoms with Crippen molar-refractivity contribution >= 4 is 5.91 Å². The predicted octanol–water partition coefficient (Wildman–Crippen LogP) is 2.07. The molecule has 6 nitrogen and oxygen atoms in total. The molecule has 0 saturated heterocycles. The molecule has 3 rings (SSSR count). The number of hydrogen-bond acceptors (Lipinski definition) is 5. The molecule has 1 N–H and O–H groups in total. The Morgan fingerprint density at radius 3 is 3.00 bits per heavy atom. The summed E-state index contributed by atoms with van der Waals surface area (Å²) in [6.45, 7) is 0.357. The Morgan fingerprint density at radius 2 is 2.32 bits per heavy atom. The number of nitrogens with one attached hydrogen (secondary N) is 1. The number of amides is 1. The average Bonchev–Trinajstić information content (AvgIpc) is 3.27. The van der Waals surface area contributed by atoms with Crippen molar-refractivity contribution in [3.63, 3.8) is 0 Å². The Balaban J connectivity index is 1.51. The zero-order valence-electron chi connectivity index (χ0n) is 12.1. The maximum absolute atomic E-state index is 13.5. The third-order valence-electron chi connectivity index (χ3n) is 3.46. The SMILES string of the molecule is COc1ccc(C(=O)NCCc2noc(C3CC3)n2)cc1F. The van der Waals surface area contributed by atoms with Crippen LogP contribution >= 0.6 is 0 Å². The Bertz CT molecular complexity index is 682. The quantitative estimate of drug-likeness (QED) is 0.884. The van der Waals surface area contributed by atoms with Crippen LogP contribution in [0.15, 0.2) is 22.7 Å². The highest BCUT2D eigenvalue weighted by atomic mass is 19.1. The average molecular weight is 305 g/mol. The molecule has 1 amide bonds. The molecule has 1 saturated carbocycles. The molecular formula is C15H16FN3O3. The van der Waals surface area contributed by atoms with Crippen LogP contribution in [0.4, 0.5) is 4.39 Å². The minimum atomic E-state index is -0.567. The van der Waals surface area contributed by atoms with E-state index in [4.69, 9.17) is 9.26 Å². The van der Waals surface area contributed by atoms with Gasteiger partial charge in [0.25, 0.3) is 5.91 Å². The number of benzene rings is 1. The summed E-state index contributed by atoms with van der Waals surface area (Å²) in [5, 5.41) is 6.57. The number of halogens is 1. The fourth-order valence-corrected chi connectivity index (χ4v) is 2.06. The highest BCUT2D eigenvalue weighted by molar-refractivity contribution is 5.94. The van der Waals surface area contributed by atoms with Gasteiger partial charge >= 0.3 is 0 Å². The van der Waals surface area contributed by atoms with Gasteiger partial charge in [0, 0.05) is 24.4 Å². The van der Waals surface area contributed by atoms with Gasteiger partial charge in [0.15, 0.2) is 17.4 Å². The summed E-state index contributed by atoms with van der Waals surface area (Å²) in [6, 6.07) is 4.08. The third-order valence-corrected chi connectivity index (χ3v) is 3.46. The fraction of sp³-hybridized carbons (Fsp3) is 0.400. The summed E-state index contributed by atoms with van der Waals surface area (Å²) in [7, 11) is 1.37. The second-order valence-electron chi connectivity index (χ2n) is 5.18. The summed E-state index contributed by atoms with van der Waals surface area (Å²) >= 11 is 0. The molecule has 0 bridgehead atoms. The van der Waals surface area contributed by atoms with Gasteiger partial charge in [0.2, 0.25) is 5.89 Å². The molecule has 1 aliphatic rings. The number of ether oxygens (including phenoxy) is 1. The number of methoxy groups -OCH3 is 1. The predicted molar refractivity (Wildman–Crippen MR) is 75.3 cm³/mol. The number of hydrogen-bond donors (Lipinski definition) is 1. The number of aromatic nitrogens is 2. The summed E-state index contributed by atoms with van der Waals surface area (Å²) < 4.78 is 23.5. The van der Waals surface area contributed by atoms with Gasteiger partial charge in [-0.3, -0.25) is 4.79 Å². The molecule has 0 radical (unpaired) electrons. The molecule has 1 heterocycles. The van der Waals surface area contributed by atoms with Crippen LogP contribution in [0.5, 0.6) is 5.75 Å². The molecule has 0 aliphatic heterocycles. The van der Waals surface area contributed by atoms with Crippen LogP contribution in [0.3, 0.4) is 0 Å². The molecule has 22 heavy (non-hydrogen) atoms. The van der Waals surface area contributed by atoms with Crippen molar-refractivity contribution in [2.75, 3.05) is 13.7 Å². The highest BCUT2D eigenvalue weighted by Gasteiger charge is 2.29. The van der Waals surface area contributed by atoms with Crippen LogP contribution < -0.4 is 10.1 Å². The number of carbonyl (C=O) groups excluding carboxylic acids is 1. The second-order valence-corrected chi connectivity index (χ2v) is 5.18. The summed E-state index contributed by atoms with van der Waals surface area (Å²) in [4.78, 5) is 16.2.